The zero-order chi connectivity index (χ0) is 14.3. The van der Waals surface area contributed by atoms with Crippen LogP contribution in [0.15, 0.2) is 47.1 Å². The minimum absolute atomic E-state index is 0.185. The Hall–Kier alpha value is -2.41. The largest absolute Gasteiger partial charge is 0.363 e. The molecule has 0 heterocycles. The van der Waals surface area contributed by atoms with Gasteiger partial charge in [0.2, 0.25) is 0 Å². The molecule has 1 aromatic carbocycles. The summed E-state index contributed by atoms with van der Waals surface area (Å²) in [6.45, 7) is 3.70. The molecule has 0 fully saturated rings. The maximum absolute atomic E-state index is 10.3. The van der Waals surface area contributed by atoms with Gasteiger partial charge in [0.15, 0.2) is 5.03 Å². The molecule has 100 valence electrons. The summed E-state index contributed by atoms with van der Waals surface area (Å²) in [5, 5.41) is 18.0. The molecule has 0 saturated carbocycles. The van der Waals surface area contributed by atoms with Gasteiger partial charge >= 0.3 is 0 Å². The number of guanidine groups is 1. The number of halogens is 1. The number of rotatable bonds is 5. The van der Waals surface area contributed by atoms with Crippen LogP contribution in [0.2, 0.25) is 5.02 Å². The Morgan fingerprint density at radius 3 is 2.84 bits per heavy atom. The first kappa shape index (κ1) is 14.7. The monoisotopic (exact) mass is 281 g/mol. The van der Waals surface area contributed by atoms with Gasteiger partial charge in [0.05, 0.1) is 12.8 Å². The average Bonchev–Trinajstić information content (AvgIpc) is 2.35. The molecule has 0 spiro atoms. The fourth-order valence-corrected chi connectivity index (χ4v) is 1.35. The highest BCUT2D eigenvalue weighted by atomic mass is 35.5. The van der Waals surface area contributed by atoms with Crippen LogP contribution in [-0.2, 0) is 0 Å². The number of hydrogen-bond acceptors (Lipinski definition) is 3. The molecule has 1 rings (SSSR count). The van der Waals surface area contributed by atoms with Crippen LogP contribution >= 0.6 is 11.6 Å². The van der Waals surface area contributed by atoms with E-state index in [4.69, 9.17) is 17.3 Å². The van der Waals surface area contributed by atoms with Crippen molar-refractivity contribution in [3.8, 4) is 0 Å². The Kier molecular flexibility index (Phi) is 5.49. The maximum Gasteiger partial charge on any atom is 0.289 e. The molecule has 0 amide bonds. The molecule has 0 aliphatic heterocycles. The van der Waals surface area contributed by atoms with E-state index in [2.05, 4.69) is 16.8 Å². The van der Waals surface area contributed by atoms with Crippen LogP contribution in [0.3, 0.4) is 0 Å². The van der Waals surface area contributed by atoms with Crippen molar-refractivity contribution < 1.29 is 5.03 Å². The van der Waals surface area contributed by atoms with Crippen LogP contribution in [0.5, 0.6) is 0 Å². The molecule has 0 aromatic heterocycles. The molecule has 2 N–H and O–H groups in total. The number of nitrogens with zero attached hydrogens (tertiary/aromatic N) is 4. The Labute approximate surface area is 114 Å². The third-order valence-corrected chi connectivity index (χ3v) is 2.34. The molecule has 7 nitrogen and oxygen atoms in total. The average molecular weight is 282 g/mol. The standard InChI is InChI=1S/C11H12ClN5O2/c1-2-7-16(11(13)15-17(18)19)14-8-9-5-3-4-6-10(9)12/h2-6,8H,1,7H2,(H2,13,15)/b14-8+. The highest BCUT2D eigenvalue weighted by Crippen LogP contribution is 2.12. The van der Waals surface area contributed by atoms with Crippen molar-refractivity contribution in [2.75, 3.05) is 6.54 Å². The van der Waals surface area contributed by atoms with E-state index < -0.39 is 5.03 Å². The Balaban J connectivity index is 2.93. The number of nitrogens with two attached hydrogens (primary N) is 1. The van der Waals surface area contributed by atoms with Crippen molar-refractivity contribution in [1.29, 1.82) is 0 Å². The maximum atomic E-state index is 10.3. The number of nitro groups is 1. The van der Waals surface area contributed by atoms with Crippen LogP contribution < -0.4 is 5.73 Å². The van der Waals surface area contributed by atoms with E-state index in [1.807, 2.05) is 0 Å². The Morgan fingerprint density at radius 2 is 2.26 bits per heavy atom. The smallest absolute Gasteiger partial charge is 0.289 e. The van der Waals surface area contributed by atoms with E-state index in [0.717, 1.165) is 5.01 Å². The van der Waals surface area contributed by atoms with Crippen LogP contribution in [0, 0.1) is 10.1 Å². The summed E-state index contributed by atoms with van der Waals surface area (Å²) in [6, 6.07) is 7.03. The predicted octanol–water partition coefficient (Wildman–Crippen LogP) is 1.67. The van der Waals surface area contributed by atoms with E-state index >= 15 is 0 Å². The molecule has 1 aromatic rings. The lowest BCUT2D eigenvalue weighted by Gasteiger charge is -2.12. The molecule has 0 atom stereocenters. The third-order valence-electron chi connectivity index (χ3n) is 1.99. The number of benzene rings is 1. The van der Waals surface area contributed by atoms with Crippen molar-refractivity contribution >= 4 is 23.8 Å². The fraction of sp³-hybridized carbons (Fsp3) is 0.0909. The fourth-order valence-electron chi connectivity index (χ4n) is 1.17. The molecule has 0 aliphatic carbocycles. The van der Waals surface area contributed by atoms with Gasteiger partial charge in [0.1, 0.15) is 5.10 Å². The number of hydrogen-bond donors (Lipinski definition) is 1. The Morgan fingerprint density at radius 1 is 1.58 bits per heavy atom. The van der Waals surface area contributed by atoms with Gasteiger partial charge in [-0.2, -0.15) is 5.10 Å². The minimum Gasteiger partial charge on any atom is -0.363 e. The summed E-state index contributed by atoms with van der Waals surface area (Å²) < 4.78 is 0. The van der Waals surface area contributed by atoms with Crippen molar-refractivity contribution in [3.63, 3.8) is 0 Å². The van der Waals surface area contributed by atoms with E-state index in [1.165, 1.54) is 12.3 Å². The summed E-state index contributed by atoms with van der Waals surface area (Å²) in [7, 11) is 0. The van der Waals surface area contributed by atoms with Gasteiger partial charge in [-0.3, -0.25) is 0 Å². The van der Waals surface area contributed by atoms with Gasteiger partial charge in [-0.15, -0.1) is 6.58 Å². The van der Waals surface area contributed by atoms with E-state index in [0.29, 0.717) is 10.6 Å². The van der Waals surface area contributed by atoms with Gasteiger partial charge in [-0.05, 0) is 6.07 Å². The molecule has 0 saturated heterocycles. The second-order valence-electron chi connectivity index (χ2n) is 3.33. The first-order valence-corrected chi connectivity index (χ1v) is 5.57. The predicted molar refractivity (Wildman–Crippen MR) is 74.6 cm³/mol. The van der Waals surface area contributed by atoms with Crippen molar-refractivity contribution in [1.82, 2.24) is 5.01 Å². The third kappa shape index (κ3) is 4.76. The first-order valence-electron chi connectivity index (χ1n) is 5.20. The Bertz CT molecular complexity index is 530. The minimum atomic E-state index is -0.892. The summed E-state index contributed by atoms with van der Waals surface area (Å²) in [5.74, 6) is -0.340. The summed E-state index contributed by atoms with van der Waals surface area (Å²) in [6.07, 6.45) is 2.93. The van der Waals surface area contributed by atoms with Gasteiger partial charge < -0.3 is 5.73 Å². The zero-order valence-electron chi connectivity index (χ0n) is 9.94. The van der Waals surface area contributed by atoms with Crippen molar-refractivity contribution in [3.05, 3.63) is 57.6 Å². The number of hydrazone groups is 2. The molecular weight excluding hydrogens is 270 g/mol. The lowest BCUT2D eigenvalue weighted by Crippen LogP contribution is -2.34. The molecule has 0 radical (unpaired) electrons. The second-order valence-corrected chi connectivity index (χ2v) is 3.74. The van der Waals surface area contributed by atoms with Gasteiger partial charge in [0, 0.05) is 10.6 Å². The summed E-state index contributed by atoms with van der Waals surface area (Å²) in [4.78, 5) is 10.3. The lowest BCUT2D eigenvalue weighted by atomic mass is 10.2. The van der Waals surface area contributed by atoms with E-state index in [9.17, 15) is 10.1 Å². The summed E-state index contributed by atoms with van der Waals surface area (Å²) >= 11 is 5.95. The SMILES string of the molecule is C=CCN(/N=C/c1ccccc1Cl)/C(N)=N/[N+](=O)[O-]. The van der Waals surface area contributed by atoms with Gasteiger partial charge in [-0.1, -0.05) is 35.9 Å². The molecule has 0 unspecified atom stereocenters. The van der Waals surface area contributed by atoms with E-state index in [1.54, 1.807) is 24.3 Å². The van der Waals surface area contributed by atoms with Crippen molar-refractivity contribution in [2.24, 2.45) is 15.9 Å². The van der Waals surface area contributed by atoms with Crippen molar-refractivity contribution in [2.45, 2.75) is 0 Å². The zero-order valence-corrected chi connectivity index (χ0v) is 10.7. The van der Waals surface area contributed by atoms with E-state index in [-0.39, 0.29) is 12.5 Å². The summed E-state index contributed by atoms with van der Waals surface area (Å²) in [5.41, 5.74) is 6.11. The highest BCUT2D eigenvalue weighted by Gasteiger charge is 2.08. The lowest BCUT2D eigenvalue weighted by molar-refractivity contribution is -0.485. The molecule has 0 aliphatic rings. The highest BCUT2D eigenvalue weighted by molar-refractivity contribution is 6.33. The quantitative estimate of drug-likeness (QED) is 0.292. The van der Waals surface area contributed by atoms with Gasteiger partial charge in [-0.25, -0.2) is 15.1 Å². The topological polar surface area (TPSA) is 97.1 Å². The normalized spacial score (nSPS) is 11.5. The van der Waals surface area contributed by atoms with Crippen LogP contribution in [0.25, 0.3) is 0 Å². The molecule has 8 heteroatoms. The van der Waals surface area contributed by atoms with Crippen LogP contribution in [-0.4, -0.2) is 28.8 Å². The molecular formula is C11H12ClN5O2. The van der Waals surface area contributed by atoms with Crippen LogP contribution in [0.1, 0.15) is 5.56 Å². The molecule has 19 heavy (non-hydrogen) atoms. The molecule has 0 bridgehead atoms. The van der Waals surface area contributed by atoms with Crippen LogP contribution in [0.4, 0.5) is 0 Å². The first-order chi connectivity index (χ1) is 9.04. The second kappa shape index (κ2) is 7.12. The van der Waals surface area contributed by atoms with Gasteiger partial charge in [0.25, 0.3) is 5.96 Å².